The molecule has 1 nitrogen and oxygen atoms in total. The molecule has 2 aromatic carbocycles. The fraction of sp³-hybridized carbons (Fsp3) is 0.0909. The lowest BCUT2D eigenvalue weighted by Gasteiger charge is -2.12. The second-order valence-electron chi connectivity index (χ2n) is 5.49. The van der Waals surface area contributed by atoms with Gasteiger partial charge in [0, 0.05) is 0 Å². The average Bonchev–Trinajstić information content (AvgIpc) is 2.66. The number of halogens is 2. The smallest absolute Gasteiger partial charge is 0.115 e. The van der Waals surface area contributed by atoms with Crippen molar-refractivity contribution in [3.63, 3.8) is 0 Å². The van der Waals surface area contributed by atoms with Crippen LogP contribution in [0.15, 0.2) is 73.2 Å². The van der Waals surface area contributed by atoms with Gasteiger partial charge in [-0.3, -0.25) is 0 Å². The zero-order valence-corrected chi connectivity index (χ0v) is 17.5. The molecule has 0 aliphatic carbocycles. The zero-order chi connectivity index (χ0) is 18.4. The molecule has 0 saturated heterocycles. The van der Waals surface area contributed by atoms with E-state index in [0.717, 1.165) is 42.7 Å². The fourth-order valence-electron chi connectivity index (χ4n) is 2.26. The van der Waals surface area contributed by atoms with E-state index in [9.17, 15) is 0 Å². The Morgan fingerprint density at radius 1 is 0.720 bits per heavy atom. The minimum atomic E-state index is 0.795. The predicted octanol–water partition coefficient (Wildman–Crippen LogP) is 7.86. The van der Waals surface area contributed by atoms with Crippen LogP contribution in [0.5, 0.6) is 0 Å². The molecule has 2 aromatic rings. The monoisotopic (exact) mass is 458 g/mol. The number of rotatable bonds is 6. The molecule has 128 valence electrons. The molecule has 0 amide bonds. The summed E-state index contributed by atoms with van der Waals surface area (Å²) in [5, 5.41) is 0. The van der Waals surface area contributed by atoms with Crippen LogP contribution in [0.4, 0.5) is 0 Å². The van der Waals surface area contributed by atoms with Crippen LogP contribution in [0, 0.1) is 0 Å². The van der Waals surface area contributed by atoms with Gasteiger partial charge in [0.15, 0.2) is 0 Å². The van der Waals surface area contributed by atoms with Crippen LogP contribution in [0.3, 0.4) is 0 Å². The van der Waals surface area contributed by atoms with Gasteiger partial charge in [0.05, 0.1) is 8.96 Å². The topological polar surface area (TPSA) is 9.23 Å². The van der Waals surface area contributed by atoms with Crippen LogP contribution < -0.4 is 0 Å². The predicted molar refractivity (Wildman–Crippen MR) is 117 cm³/mol. The second-order valence-corrected chi connectivity index (χ2v) is 7.08. The van der Waals surface area contributed by atoms with Crippen LogP contribution in [-0.4, -0.2) is 0 Å². The van der Waals surface area contributed by atoms with E-state index >= 15 is 0 Å². The van der Waals surface area contributed by atoms with Crippen LogP contribution in [0.2, 0.25) is 0 Å². The standard InChI is InChI=1S/C22H20Br2O/c1-5-17-7-11-19(12-8-17)21(23)15(3)25-16(4)22(24)20-13-9-18(6-2)10-14-20/h5-14H,1-2H2,3-4H3. The van der Waals surface area contributed by atoms with Crippen molar-refractivity contribution < 1.29 is 4.74 Å². The van der Waals surface area contributed by atoms with E-state index in [-0.39, 0.29) is 0 Å². The maximum atomic E-state index is 6.02. The quantitative estimate of drug-likeness (QED) is 0.399. The van der Waals surface area contributed by atoms with Crippen molar-refractivity contribution >= 4 is 53.0 Å². The van der Waals surface area contributed by atoms with E-state index in [2.05, 4.69) is 45.0 Å². The molecule has 0 aromatic heterocycles. The minimum Gasteiger partial charge on any atom is -0.464 e. The molecule has 0 N–H and O–H groups in total. The Labute approximate surface area is 166 Å². The maximum Gasteiger partial charge on any atom is 0.115 e. The van der Waals surface area contributed by atoms with Crippen LogP contribution >= 0.6 is 31.9 Å². The summed E-state index contributed by atoms with van der Waals surface area (Å²) < 4.78 is 7.86. The molecule has 2 rings (SSSR count). The van der Waals surface area contributed by atoms with Gasteiger partial charge in [-0.1, -0.05) is 73.8 Å². The highest BCUT2D eigenvalue weighted by atomic mass is 79.9. The Bertz CT molecular complexity index is 754. The summed E-state index contributed by atoms with van der Waals surface area (Å²) in [6.07, 6.45) is 3.65. The van der Waals surface area contributed by atoms with Crippen molar-refractivity contribution in [1.82, 2.24) is 0 Å². The van der Waals surface area contributed by atoms with Crippen molar-refractivity contribution in [3.8, 4) is 0 Å². The van der Waals surface area contributed by atoms with Crippen molar-refractivity contribution in [2.24, 2.45) is 0 Å². The summed E-state index contributed by atoms with van der Waals surface area (Å²) in [4.78, 5) is 0. The molecule has 0 atom stereocenters. The van der Waals surface area contributed by atoms with Gasteiger partial charge in [0.25, 0.3) is 0 Å². The minimum absolute atomic E-state index is 0.795. The molecule has 0 aliphatic rings. The molecule has 3 heteroatoms. The average molecular weight is 460 g/mol. The van der Waals surface area contributed by atoms with Gasteiger partial charge in [0.2, 0.25) is 0 Å². The third-order valence-corrected chi connectivity index (χ3v) is 5.76. The third-order valence-electron chi connectivity index (χ3n) is 3.72. The number of hydrogen-bond donors (Lipinski definition) is 0. The molecule has 25 heavy (non-hydrogen) atoms. The number of ether oxygens (including phenoxy) is 1. The first-order valence-electron chi connectivity index (χ1n) is 7.82. The van der Waals surface area contributed by atoms with E-state index in [4.69, 9.17) is 4.74 Å². The molecule has 0 bridgehead atoms. The summed E-state index contributed by atoms with van der Waals surface area (Å²) in [6.45, 7) is 11.4. The summed E-state index contributed by atoms with van der Waals surface area (Å²) in [6, 6.07) is 16.2. The second kappa shape index (κ2) is 9.02. The van der Waals surface area contributed by atoms with E-state index in [0.29, 0.717) is 0 Å². The van der Waals surface area contributed by atoms with Crippen LogP contribution in [0.1, 0.15) is 36.1 Å². The first kappa shape index (κ1) is 19.5. The van der Waals surface area contributed by atoms with Gasteiger partial charge in [0.1, 0.15) is 11.5 Å². The van der Waals surface area contributed by atoms with Crippen molar-refractivity contribution in [3.05, 3.63) is 95.5 Å². The van der Waals surface area contributed by atoms with Crippen LogP contribution in [-0.2, 0) is 4.74 Å². The number of allylic oxidation sites excluding steroid dienone is 2. The van der Waals surface area contributed by atoms with Crippen molar-refractivity contribution in [1.29, 1.82) is 0 Å². The van der Waals surface area contributed by atoms with Crippen molar-refractivity contribution in [2.75, 3.05) is 0 Å². The molecule has 0 fully saturated rings. The molecule has 0 radical (unpaired) electrons. The van der Waals surface area contributed by atoms with Crippen molar-refractivity contribution in [2.45, 2.75) is 13.8 Å². The SMILES string of the molecule is C=Cc1ccc(C(Br)=C(C)OC(C)=C(Br)c2ccc(C=C)cc2)cc1. The molecule has 0 unspecified atom stereocenters. The van der Waals surface area contributed by atoms with E-state index in [1.807, 2.05) is 74.5 Å². The van der Waals surface area contributed by atoms with E-state index < -0.39 is 0 Å². The molecular weight excluding hydrogens is 440 g/mol. The Morgan fingerprint density at radius 2 is 1.04 bits per heavy atom. The first-order chi connectivity index (χ1) is 12.0. The first-order valence-corrected chi connectivity index (χ1v) is 9.41. The highest BCUT2D eigenvalue weighted by Gasteiger charge is 2.08. The molecule has 0 aliphatic heterocycles. The summed E-state index contributed by atoms with van der Waals surface area (Å²) in [7, 11) is 0. The van der Waals surface area contributed by atoms with E-state index in [1.165, 1.54) is 0 Å². The summed E-state index contributed by atoms with van der Waals surface area (Å²) in [5.41, 5.74) is 4.29. The van der Waals surface area contributed by atoms with Gasteiger partial charge >= 0.3 is 0 Å². The molecule has 0 heterocycles. The Balaban J connectivity index is 2.24. The Kier molecular flexibility index (Phi) is 7.03. The highest BCUT2D eigenvalue weighted by molar-refractivity contribution is 9.15. The van der Waals surface area contributed by atoms with Gasteiger partial charge < -0.3 is 4.74 Å². The Morgan fingerprint density at radius 3 is 1.32 bits per heavy atom. The van der Waals surface area contributed by atoms with Gasteiger partial charge in [-0.15, -0.1) is 0 Å². The third kappa shape index (κ3) is 5.07. The normalized spacial score (nSPS) is 12.8. The lowest BCUT2D eigenvalue weighted by molar-refractivity contribution is 0.316. The summed E-state index contributed by atoms with van der Waals surface area (Å²) >= 11 is 7.26. The van der Waals surface area contributed by atoms with E-state index in [1.54, 1.807) is 0 Å². The van der Waals surface area contributed by atoms with Gasteiger partial charge in [-0.2, -0.15) is 0 Å². The fourth-order valence-corrected chi connectivity index (χ4v) is 2.95. The summed E-state index contributed by atoms with van der Waals surface area (Å²) in [5.74, 6) is 1.59. The lowest BCUT2D eigenvalue weighted by atomic mass is 10.1. The number of hydrogen-bond acceptors (Lipinski definition) is 1. The van der Waals surface area contributed by atoms with Gasteiger partial charge in [-0.05, 0) is 68.0 Å². The highest BCUT2D eigenvalue weighted by Crippen LogP contribution is 2.31. The van der Waals surface area contributed by atoms with Gasteiger partial charge in [-0.25, -0.2) is 0 Å². The largest absolute Gasteiger partial charge is 0.464 e. The number of benzene rings is 2. The lowest BCUT2D eigenvalue weighted by Crippen LogP contribution is -1.92. The Hall–Kier alpha value is -1.84. The molecular formula is C22H20Br2O. The van der Waals surface area contributed by atoms with Crippen LogP contribution in [0.25, 0.3) is 21.1 Å². The molecule has 0 saturated carbocycles. The zero-order valence-electron chi connectivity index (χ0n) is 14.4. The molecule has 0 spiro atoms. The maximum absolute atomic E-state index is 6.02.